The smallest absolute Gasteiger partial charge is 0.303 e. The van der Waals surface area contributed by atoms with Crippen LogP contribution in [0.2, 0.25) is 23.1 Å². The van der Waals surface area contributed by atoms with Gasteiger partial charge in [-0.25, -0.2) is 0 Å². The Morgan fingerprint density at radius 1 is 0.963 bits per heavy atom. The molecule has 2 aromatic rings. The molecule has 0 bridgehead atoms. The van der Waals surface area contributed by atoms with Crippen molar-refractivity contribution in [1.82, 2.24) is 0 Å². The second-order valence-corrected chi connectivity index (χ2v) is 10.8. The van der Waals surface area contributed by atoms with Crippen LogP contribution in [0.1, 0.15) is 39.7 Å². The average molecular weight is 422 g/mol. The molecule has 2 nitrogen and oxygen atoms in total. The van der Waals surface area contributed by atoms with Crippen molar-refractivity contribution in [3.05, 3.63) is 58.1 Å². The van der Waals surface area contributed by atoms with Crippen molar-refractivity contribution in [2.75, 3.05) is 0 Å². The van der Waals surface area contributed by atoms with Gasteiger partial charge in [0.25, 0.3) is 9.04 Å². The van der Waals surface area contributed by atoms with Crippen LogP contribution < -0.4 is 0 Å². The summed E-state index contributed by atoms with van der Waals surface area (Å²) < 4.78 is 5.76. The first kappa shape index (κ1) is 22.0. The molecule has 2 rings (SSSR count). The highest BCUT2D eigenvalue weighted by Crippen LogP contribution is 2.46. The average Bonchev–Trinajstić information content (AvgIpc) is 2.57. The summed E-state index contributed by atoms with van der Waals surface area (Å²) in [5.41, 5.74) is 2.03. The van der Waals surface area contributed by atoms with Crippen LogP contribution in [0.15, 0.2) is 42.5 Å². The SMILES string of the molecule is CC[C@](C(=O)O[Si](C)C)(c1ccc(-c2ccc(Cl)c(Cl)c2)cc1)C(C)(C)C. The molecule has 0 saturated carbocycles. The zero-order valence-corrected chi connectivity index (χ0v) is 19.3. The number of hydrogen-bond donors (Lipinski definition) is 0. The molecule has 27 heavy (non-hydrogen) atoms. The molecule has 0 aliphatic heterocycles. The summed E-state index contributed by atoms with van der Waals surface area (Å²) in [6, 6.07) is 13.7. The first-order chi connectivity index (χ1) is 12.5. The summed E-state index contributed by atoms with van der Waals surface area (Å²) in [6.07, 6.45) is 0.677. The maximum absolute atomic E-state index is 13.2. The summed E-state index contributed by atoms with van der Waals surface area (Å²) >= 11 is 12.2. The maximum Gasteiger partial charge on any atom is 0.303 e. The fourth-order valence-electron chi connectivity index (χ4n) is 3.63. The van der Waals surface area contributed by atoms with E-state index in [0.717, 1.165) is 16.7 Å². The lowest BCUT2D eigenvalue weighted by Crippen LogP contribution is -2.48. The van der Waals surface area contributed by atoms with Gasteiger partial charge in [0, 0.05) is 0 Å². The van der Waals surface area contributed by atoms with Gasteiger partial charge in [-0.2, -0.15) is 0 Å². The second-order valence-electron chi connectivity index (χ2n) is 8.01. The molecule has 0 spiro atoms. The van der Waals surface area contributed by atoms with Gasteiger partial charge in [0.1, 0.15) is 0 Å². The fourth-order valence-corrected chi connectivity index (χ4v) is 4.47. The van der Waals surface area contributed by atoms with Crippen molar-refractivity contribution < 1.29 is 9.22 Å². The number of carbonyl (C=O) groups is 1. The normalized spacial score (nSPS) is 14.1. The van der Waals surface area contributed by atoms with Gasteiger partial charge in [-0.1, -0.05) is 81.2 Å². The molecular weight excluding hydrogens is 395 g/mol. The zero-order valence-electron chi connectivity index (χ0n) is 16.8. The largest absolute Gasteiger partial charge is 0.518 e. The minimum atomic E-state index is -1.13. The highest BCUT2D eigenvalue weighted by molar-refractivity contribution is 6.50. The van der Waals surface area contributed by atoms with E-state index in [4.69, 9.17) is 27.6 Å². The van der Waals surface area contributed by atoms with Gasteiger partial charge in [-0.05, 0) is 53.8 Å². The standard InChI is InChI=1S/C22H27Cl2O2Si/c1-7-22(21(2,3)4,20(25)26-27(5)6)17-11-8-15(9-12-17)16-10-13-18(23)19(24)14-16/h8-14H,7H2,1-6H3/t22-/m1/s1. The molecule has 0 amide bonds. The summed E-state index contributed by atoms with van der Waals surface area (Å²) in [5, 5.41) is 1.06. The molecule has 0 unspecified atom stereocenters. The Kier molecular flexibility index (Phi) is 6.83. The molecule has 0 aliphatic carbocycles. The van der Waals surface area contributed by atoms with Crippen molar-refractivity contribution in [1.29, 1.82) is 0 Å². The fraction of sp³-hybridized carbons (Fsp3) is 0.409. The van der Waals surface area contributed by atoms with Crippen LogP contribution in [-0.2, 0) is 14.6 Å². The molecule has 0 aromatic heterocycles. The molecule has 0 fully saturated rings. The van der Waals surface area contributed by atoms with Crippen molar-refractivity contribution in [2.45, 2.75) is 52.6 Å². The molecule has 145 valence electrons. The van der Waals surface area contributed by atoms with Crippen LogP contribution >= 0.6 is 23.2 Å². The number of hydrogen-bond acceptors (Lipinski definition) is 2. The number of carbonyl (C=O) groups excluding carboxylic acids is 1. The van der Waals surface area contributed by atoms with Crippen LogP contribution in [-0.4, -0.2) is 15.0 Å². The second kappa shape index (κ2) is 8.38. The van der Waals surface area contributed by atoms with E-state index in [9.17, 15) is 4.79 Å². The summed E-state index contributed by atoms with van der Waals surface area (Å²) in [7, 11) is -1.13. The zero-order chi connectivity index (χ0) is 20.4. The maximum atomic E-state index is 13.2. The monoisotopic (exact) mass is 421 g/mol. The quantitative estimate of drug-likeness (QED) is 0.478. The lowest BCUT2D eigenvalue weighted by atomic mass is 9.61. The van der Waals surface area contributed by atoms with Crippen LogP contribution in [0.25, 0.3) is 11.1 Å². The van der Waals surface area contributed by atoms with Crippen LogP contribution in [0.5, 0.6) is 0 Å². The number of halogens is 2. The van der Waals surface area contributed by atoms with Crippen LogP contribution in [0.3, 0.4) is 0 Å². The molecule has 0 saturated heterocycles. The third kappa shape index (κ3) is 4.42. The number of rotatable bonds is 5. The number of benzene rings is 2. The first-order valence-corrected chi connectivity index (χ1v) is 12.3. The molecule has 5 heteroatoms. The Balaban J connectivity index is 2.51. The van der Waals surface area contributed by atoms with Gasteiger partial charge < -0.3 is 4.43 Å². The summed E-state index contributed by atoms with van der Waals surface area (Å²) in [6.45, 7) is 12.3. The van der Waals surface area contributed by atoms with E-state index in [0.29, 0.717) is 16.5 Å². The molecule has 1 atom stereocenters. The minimum Gasteiger partial charge on any atom is -0.518 e. The van der Waals surface area contributed by atoms with E-state index in [1.165, 1.54) is 0 Å². The Bertz CT molecular complexity index is 810. The van der Waals surface area contributed by atoms with Gasteiger partial charge in [0.15, 0.2) is 0 Å². The lowest BCUT2D eigenvalue weighted by molar-refractivity contribution is -0.146. The summed E-state index contributed by atoms with van der Waals surface area (Å²) in [4.78, 5) is 13.2. The Morgan fingerprint density at radius 3 is 1.96 bits per heavy atom. The minimum absolute atomic E-state index is 0.126. The summed E-state index contributed by atoms with van der Waals surface area (Å²) in [5.74, 6) is -0.126. The van der Waals surface area contributed by atoms with Gasteiger partial charge >= 0.3 is 5.97 Å². The predicted octanol–water partition coefficient (Wildman–Crippen LogP) is 7.15. The van der Waals surface area contributed by atoms with Gasteiger partial charge in [-0.15, -0.1) is 0 Å². The molecule has 2 aromatic carbocycles. The Hall–Kier alpha value is -1.29. The van der Waals surface area contributed by atoms with E-state index in [2.05, 4.69) is 27.7 Å². The van der Waals surface area contributed by atoms with Crippen molar-refractivity contribution >= 4 is 38.2 Å². The Morgan fingerprint density at radius 2 is 1.52 bits per heavy atom. The lowest BCUT2D eigenvalue weighted by Gasteiger charge is -2.43. The molecule has 0 aliphatic rings. The highest BCUT2D eigenvalue weighted by atomic mass is 35.5. The van der Waals surface area contributed by atoms with Gasteiger partial charge in [-0.3, -0.25) is 4.79 Å². The molecular formula is C22H27Cl2O2Si. The van der Waals surface area contributed by atoms with E-state index < -0.39 is 14.5 Å². The molecule has 0 N–H and O–H groups in total. The Labute approximate surface area is 174 Å². The van der Waals surface area contributed by atoms with Crippen molar-refractivity contribution in [3.63, 3.8) is 0 Å². The molecule has 0 heterocycles. The third-order valence-corrected chi connectivity index (χ3v) is 6.42. The third-order valence-electron chi connectivity index (χ3n) is 5.09. The van der Waals surface area contributed by atoms with E-state index in [1.54, 1.807) is 6.07 Å². The van der Waals surface area contributed by atoms with Gasteiger partial charge in [0.2, 0.25) is 0 Å². The first-order valence-electron chi connectivity index (χ1n) is 9.11. The van der Waals surface area contributed by atoms with Crippen LogP contribution in [0.4, 0.5) is 0 Å². The van der Waals surface area contributed by atoms with E-state index in [-0.39, 0.29) is 11.4 Å². The van der Waals surface area contributed by atoms with Crippen molar-refractivity contribution in [2.24, 2.45) is 5.41 Å². The van der Waals surface area contributed by atoms with E-state index >= 15 is 0 Å². The molecule has 1 radical (unpaired) electrons. The van der Waals surface area contributed by atoms with Crippen molar-refractivity contribution in [3.8, 4) is 11.1 Å². The van der Waals surface area contributed by atoms with E-state index in [1.807, 2.05) is 49.5 Å². The van der Waals surface area contributed by atoms with Crippen LogP contribution in [0, 0.1) is 5.41 Å². The topological polar surface area (TPSA) is 26.3 Å². The highest BCUT2D eigenvalue weighted by Gasteiger charge is 2.49. The van der Waals surface area contributed by atoms with Gasteiger partial charge in [0.05, 0.1) is 15.5 Å². The predicted molar refractivity (Wildman–Crippen MR) is 117 cm³/mol.